The molecule has 0 bridgehead atoms. The lowest BCUT2D eigenvalue weighted by atomic mass is 10.00. The van der Waals surface area contributed by atoms with Gasteiger partial charge in [-0.15, -0.1) is 0 Å². The molecule has 9 heteroatoms. The zero-order chi connectivity index (χ0) is 19.6. The zero-order valence-corrected chi connectivity index (χ0v) is 16.5. The largest absolute Gasteiger partial charge is 0.478 e. The summed E-state index contributed by atoms with van der Waals surface area (Å²) >= 11 is 1.45. The molecule has 0 aliphatic rings. The molecule has 0 radical (unpaired) electrons. The number of carboxylic acid groups (broad SMARTS) is 1. The van der Waals surface area contributed by atoms with Gasteiger partial charge in [0.2, 0.25) is 0 Å². The van der Waals surface area contributed by atoms with E-state index in [1.54, 1.807) is 7.11 Å². The normalized spacial score (nSPS) is 12.7. The van der Waals surface area contributed by atoms with Crippen LogP contribution in [-0.4, -0.2) is 75.7 Å². The van der Waals surface area contributed by atoms with E-state index in [9.17, 15) is 18.0 Å². The summed E-state index contributed by atoms with van der Waals surface area (Å²) in [7, 11) is -0.454. The molecule has 1 N–H and O–H groups in total. The van der Waals surface area contributed by atoms with Crippen LogP contribution in [0.15, 0.2) is 24.3 Å². The molecule has 146 valence electrons. The van der Waals surface area contributed by atoms with E-state index in [-0.39, 0.29) is 29.5 Å². The topological polar surface area (TPSA) is 107 Å². The van der Waals surface area contributed by atoms with Crippen molar-refractivity contribution in [3.63, 3.8) is 0 Å². The molecule has 26 heavy (non-hydrogen) atoms. The number of benzene rings is 1. The summed E-state index contributed by atoms with van der Waals surface area (Å²) < 4.78 is 34.2. The Labute approximate surface area is 158 Å². The number of rotatable bonds is 13. The lowest BCUT2D eigenvalue weighted by molar-refractivity contribution is 0.0696. The van der Waals surface area contributed by atoms with Crippen molar-refractivity contribution in [3.05, 3.63) is 35.4 Å². The lowest BCUT2D eigenvalue weighted by Crippen LogP contribution is -2.29. The summed E-state index contributed by atoms with van der Waals surface area (Å²) in [5, 5.41) is 8.93. The maximum atomic E-state index is 12.8. The average Bonchev–Trinajstić information content (AvgIpc) is 2.62. The second-order valence-electron chi connectivity index (χ2n) is 5.62. The highest BCUT2D eigenvalue weighted by Gasteiger charge is 2.26. The average molecular weight is 405 g/mol. The van der Waals surface area contributed by atoms with Crippen molar-refractivity contribution < 1.29 is 32.6 Å². The minimum absolute atomic E-state index is 0.0697. The van der Waals surface area contributed by atoms with Gasteiger partial charge in [-0.1, -0.05) is 12.1 Å². The van der Waals surface area contributed by atoms with E-state index in [1.807, 2.05) is 0 Å². The number of carbonyl (C=O) groups excluding carboxylic acids is 1. The fourth-order valence-corrected chi connectivity index (χ4v) is 4.80. The fraction of sp³-hybridized carbons (Fsp3) is 0.529. The van der Waals surface area contributed by atoms with Crippen LogP contribution in [0.5, 0.6) is 0 Å². The van der Waals surface area contributed by atoms with Gasteiger partial charge in [-0.05, 0) is 12.1 Å². The lowest BCUT2D eigenvalue weighted by Gasteiger charge is -2.16. The molecule has 0 spiro atoms. The number of Topliss-reactive ketones (excluding diaryl/α,β-unsaturated/α-hetero) is 1. The van der Waals surface area contributed by atoms with Gasteiger partial charge in [-0.2, -0.15) is 11.8 Å². The molecule has 0 amide bonds. The van der Waals surface area contributed by atoms with E-state index in [2.05, 4.69) is 0 Å². The van der Waals surface area contributed by atoms with Crippen LogP contribution in [0.25, 0.3) is 0 Å². The standard InChI is InChI=1S/C17H24O7S2/c1-23-7-9-25-11-15(12-26(21,22)10-8-24-2)16(18)13-3-5-14(6-4-13)17(19)20/h3-6,15H,7-12H2,1-2H3,(H,19,20). The van der Waals surface area contributed by atoms with Crippen LogP contribution in [0, 0.1) is 5.92 Å². The summed E-state index contributed by atoms with van der Waals surface area (Å²) in [5.74, 6) is -1.53. The molecule has 1 aromatic rings. The van der Waals surface area contributed by atoms with E-state index in [0.29, 0.717) is 23.7 Å². The van der Waals surface area contributed by atoms with Gasteiger partial charge in [-0.3, -0.25) is 4.79 Å². The molecule has 0 saturated heterocycles. The van der Waals surface area contributed by atoms with Crippen molar-refractivity contribution in [2.24, 2.45) is 5.92 Å². The Morgan fingerprint density at radius 2 is 1.65 bits per heavy atom. The molecule has 0 fully saturated rings. The van der Waals surface area contributed by atoms with Crippen LogP contribution in [0.2, 0.25) is 0 Å². The molecule has 0 aliphatic carbocycles. The van der Waals surface area contributed by atoms with Gasteiger partial charge in [0, 0.05) is 37.2 Å². The number of carboxylic acids is 1. The third-order valence-electron chi connectivity index (χ3n) is 3.59. The highest BCUT2D eigenvalue weighted by molar-refractivity contribution is 7.99. The number of carbonyl (C=O) groups is 2. The van der Waals surface area contributed by atoms with Crippen molar-refractivity contribution in [1.82, 2.24) is 0 Å². The highest BCUT2D eigenvalue weighted by atomic mass is 32.2. The van der Waals surface area contributed by atoms with Gasteiger partial charge < -0.3 is 14.6 Å². The first-order valence-corrected chi connectivity index (χ1v) is 10.9. The van der Waals surface area contributed by atoms with Gasteiger partial charge in [0.1, 0.15) is 0 Å². The van der Waals surface area contributed by atoms with Crippen LogP contribution in [-0.2, 0) is 19.3 Å². The number of thioether (sulfide) groups is 1. The van der Waals surface area contributed by atoms with Crippen LogP contribution in [0.4, 0.5) is 0 Å². The number of ketones is 1. The van der Waals surface area contributed by atoms with E-state index >= 15 is 0 Å². The maximum absolute atomic E-state index is 12.8. The zero-order valence-electron chi connectivity index (χ0n) is 14.8. The third-order valence-corrected chi connectivity index (χ3v) is 6.38. The van der Waals surface area contributed by atoms with Crippen LogP contribution in [0.3, 0.4) is 0 Å². The Bertz CT molecular complexity index is 684. The van der Waals surface area contributed by atoms with E-state index < -0.39 is 21.7 Å². The second-order valence-corrected chi connectivity index (χ2v) is 9.00. The van der Waals surface area contributed by atoms with Crippen molar-refractivity contribution in [3.8, 4) is 0 Å². The number of sulfone groups is 1. The van der Waals surface area contributed by atoms with Crippen LogP contribution in [0.1, 0.15) is 20.7 Å². The molecule has 1 aromatic carbocycles. The number of methoxy groups -OCH3 is 2. The second kappa shape index (κ2) is 11.3. The number of hydrogen-bond donors (Lipinski definition) is 1. The molecule has 0 saturated carbocycles. The monoisotopic (exact) mass is 404 g/mol. The Kier molecular flexibility index (Phi) is 9.85. The Balaban J connectivity index is 2.90. The quantitative estimate of drug-likeness (QED) is 0.390. The SMILES string of the molecule is COCCSCC(CS(=O)(=O)CCOC)C(=O)c1ccc(C(=O)O)cc1. The molecule has 1 unspecified atom stereocenters. The predicted molar refractivity (Wildman–Crippen MR) is 101 cm³/mol. The first-order chi connectivity index (χ1) is 12.3. The summed E-state index contributed by atoms with van der Waals surface area (Å²) in [6.07, 6.45) is 0. The maximum Gasteiger partial charge on any atom is 0.335 e. The van der Waals surface area contributed by atoms with Crippen LogP contribution < -0.4 is 0 Å². The van der Waals surface area contributed by atoms with Gasteiger partial charge >= 0.3 is 5.97 Å². The third kappa shape index (κ3) is 7.86. The van der Waals surface area contributed by atoms with Gasteiger partial charge in [0.15, 0.2) is 15.6 Å². The molecule has 0 aromatic heterocycles. The van der Waals surface area contributed by atoms with E-state index in [0.717, 1.165) is 0 Å². The Morgan fingerprint density at radius 3 is 2.19 bits per heavy atom. The molecular formula is C17H24O7S2. The molecule has 0 heterocycles. The van der Waals surface area contributed by atoms with E-state index in [1.165, 1.54) is 43.1 Å². The predicted octanol–water partition coefficient (Wildman–Crippen LogP) is 1.62. The van der Waals surface area contributed by atoms with E-state index in [4.69, 9.17) is 14.6 Å². The van der Waals surface area contributed by atoms with Crippen molar-refractivity contribution in [2.75, 3.05) is 50.4 Å². The number of aromatic carboxylic acids is 1. The van der Waals surface area contributed by atoms with Gasteiger partial charge in [0.25, 0.3) is 0 Å². The minimum Gasteiger partial charge on any atom is -0.478 e. The first-order valence-electron chi connectivity index (χ1n) is 7.94. The fourth-order valence-electron chi connectivity index (χ4n) is 2.18. The smallest absolute Gasteiger partial charge is 0.335 e. The molecule has 0 aliphatic heterocycles. The molecular weight excluding hydrogens is 380 g/mol. The van der Waals surface area contributed by atoms with Gasteiger partial charge in [0.05, 0.1) is 30.3 Å². The van der Waals surface area contributed by atoms with Gasteiger partial charge in [-0.25, -0.2) is 13.2 Å². The summed E-state index contributed by atoms with van der Waals surface area (Å²) in [4.78, 5) is 23.7. The summed E-state index contributed by atoms with van der Waals surface area (Å²) in [5.41, 5.74) is 0.370. The highest BCUT2D eigenvalue weighted by Crippen LogP contribution is 2.18. The van der Waals surface area contributed by atoms with Crippen molar-refractivity contribution >= 4 is 33.4 Å². The minimum atomic E-state index is -3.44. The Morgan fingerprint density at radius 1 is 1.08 bits per heavy atom. The number of hydrogen-bond acceptors (Lipinski definition) is 7. The Hall–Kier alpha value is -1.42. The van der Waals surface area contributed by atoms with Crippen molar-refractivity contribution in [2.45, 2.75) is 0 Å². The molecule has 7 nitrogen and oxygen atoms in total. The number of ether oxygens (including phenoxy) is 2. The molecule has 1 rings (SSSR count). The first kappa shape index (κ1) is 22.6. The van der Waals surface area contributed by atoms with Crippen LogP contribution >= 0.6 is 11.8 Å². The molecule has 1 atom stereocenters. The summed E-state index contributed by atoms with van der Waals surface area (Å²) in [6, 6.07) is 5.51. The summed E-state index contributed by atoms with van der Waals surface area (Å²) in [6.45, 7) is 0.586. The van der Waals surface area contributed by atoms with Crippen molar-refractivity contribution in [1.29, 1.82) is 0 Å².